The Kier molecular flexibility index (Phi) is 5.67. The van der Waals surface area contributed by atoms with Crippen molar-refractivity contribution in [2.45, 2.75) is 19.0 Å². The van der Waals surface area contributed by atoms with Gasteiger partial charge in [-0.15, -0.1) is 0 Å². The van der Waals surface area contributed by atoms with E-state index in [9.17, 15) is 0 Å². The first-order valence-corrected chi connectivity index (χ1v) is 8.62. The minimum atomic E-state index is 0.378. The van der Waals surface area contributed by atoms with Gasteiger partial charge in [0.25, 0.3) is 0 Å². The SMILES string of the molecule is COc1ccccc1NC(=S)NC1CCN(Cc2ccccc2)C1. The molecule has 5 heteroatoms. The van der Waals surface area contributed by atoms with Gasteiger partial charge in [0.15, 0.2) is 5.11 Å². The third-order valence-corrected chi connectivity index (χ3v) is 4.43. The highest BCUT2D eigenvalue weighted by Gasteiger charge is 2.23. The molecule has 0 saturated carbocycles. The molecule has 1 unspecified atom stereocenters. The maximum atomic E-state index is 5.45. The lowest BCUT2D eigenvalue weighted by atomic mass is 10.2. The summed E-state index contributed by atoms with van der Waals surface area (Å²) in [5.41, 5.74) is 2.24. The second kappa shape index (κ2) is 8.13. The highest BCUT2D eigenvalue weighted by atomic mass is 32.1. The number of nitrogens with one attached hydrogen (secondary N) is 2. The number of likely N-dealkylation sites (tertiary alicyclic amines) is 1. The van der Waals surface area contributed by atoms with Crippen LogP contribution in [0.15, 0.2) is 54.6 Å². The molecule has 4 nitrogen and oxygen atoms in total. The number of thiocarbonyl (C=S) groups is 1. The number of para-hydroxylation sites is 2. The standard InChI is InChI=1S/C19H23N3OS/c1-23-18-10-6-5-9-17(18)21-19(24)20-16-11-12-22(14-16)13-15-7-3-2-4-8-15/h2-10,16H,11-14H2,1H3,(H2,20,21,24). The summed E-state index contributed by atoms with van der Waals surface area (Å²) in [5, 5.41) is 7.29. The number of benzene rings is 2. The van der Waals surface area contributed by atoms with Crippen molar-refractivity contribution in [3.8, 4) is 5.75 Å². The van der Waals surface area contributed by atoms with E-state index in [1.165, 1.54) is 5.56 Å². The van der Waals surface area contributed by atoms with Crippen molar-refractivity contribution in [3.05, 3.63) is 60.2 Å². The van der Waals surface area contributed by atoms with E-state index in [2.05, 4.69) is 45.9 Å². The fourth-order valence-electron chi connectivity index (χ4n) is 3.03. The number of anilines is 1. The van der Waals surface area contributed by atoms with Crippen molar-refractivity contribution in [2.75, 3.05) is 25.5 Å². The molecule has 2 aromatic rings. The first-order valence-electron chi connectivity index (χ1n) is 8.21. The van der Waals surface area contributed by atoms with Gasteiger partial charge in [-0.1, -0.05) is 42.5 Å². The summed E-state index contributed by atoms with van der Waals surface area (Å²) in [6.45, 7) is 3.08. The average molecular weight is 341 g/mol. The van der Waals surface area contributed by atoms with Gasteiger partial charge in [0.05, 0.1) is 12.8 Å². The van der Waals surface area contributed by atoms with E-state index in [1.807, 2.05) is 24.3 Å². The molecule has 1 heterocycles. The van der Waals surface area contributed by atoms with E-state index >= 15 is 0 Å². The van der Waals surface area contributed by atoms with Gasteiger partial charge in [0.2, 0.25) is 0 Å². The van der Waals surface area contributed by atoms with Crippen LogP contribution in [-0.2, 0) is 6.54 Å². The normalized spacial score (nSPS) is 17.5. The lowest BCUT2D eigenvalue weighted by molar-refractivity contribution is 0.324. The lowest BCUT2D eigenvalue weighted by Crippen LogP contribution is -2.39. The Morgan fingerprint density at radius 3 is 2.71 bits per heavy atom. The molecule has 1 fully saturated rings. The molecule has 1 aliphatic heterocycles. The molecule has 2 aromatic carbocycles. The topological polar surface area (TPSA) is 36.5 Å². The largest absolute Gasteiger partial charge is 0.495 e. The van der Waals surface area contributed by atoms with Crippen LogP contribution in [0.2, 0.25) is 0 Å². The zero-order chi connectivity index (χ0) is 16.8. The molecule has 24 heavy (non-hydrogen) atoms. The van der Waals surface area contributed by atoms with Crippen LogP contribution in [0.1, 0.15) is 12.0 Å². The summed E-state index contributed by atoms with van der Waals surface area (Å²) in [6, 6.07) is 18.8. The van der Waals surface area contributed by atoms with Crippen LogP contribution in [0.4, 0.5) is 5.69 Å². The molecular formula is C19H23N3OS. The van der Waals surface area contributed by atoms with Gasteiger partial charge in [0.1, 0.15) is 5.75 Å². The fraction of sp³-hybridized carbons (Fsp3) is 0.316. The molecule has 1 aliphatic rings. The quantitative estimate of drug-likeness (QED) is 0.817. The summed E-state index contributed by atoms with van der Waals surface area (Å²) < 4.78 is 5.34. The van der Waals surface area contributed by atoms with Crippen LogP contribution in [0, 0.1) is 0 Å². The smallest absolute Gasteiger partial charge is 0.171 e. The number of methoxy groups -OCH3 is 1. The van der Waals surface area contributed by atoms with Crippen LogP contribution in [0.3, 0.4) is 0 Å². The molecule has 0 radical (unpaired) electrons. The van der Waals surface area contributed by atoms with Crippen LogP contribution in [-0.4, -0.2) is 36.3 Å². The summed E-state index contributed by atoms with van der Waals surface area (Å²) in [7, 11) is 1.66. The molecule has 0 amide bonds. The van der Waals surface area contributed by atoms with E-state index < -0.39 is 0 Å². The lowest BCUT2D eigenvalue weighted by Gasteiger charge is -2.19. The van der Waals surface area contributed by atoms with Crippen LogP contribution < -0.4 is 15.4 Å². The molecule has 0 spiro atoms. The first kappa shape index (κ1) is 16.7. The maximum Gasteiger partial charge on any atom is 0.171 e. The molecule has 3 rings (SSSR count). The summed E-state index contributed by atoms with van der Waals surface area (Å²) in [4.78, 5) is 2.46. The zero-order valence-corrected chi connectivity index (χ0v) is 14.7. The number of nitrogens with zero attached hydrogens (tertiary/aromatic N) is 1. The van der Waals surface area contributed by atoms with E-state index in [0.29, 0.717) is 11.2 Å². The second-order valence-electron chi connectivity index (χ2n) is 6.01. The number of rotatable bonds is 5. The highest BCUT2D eigenvalue weighted by Crippen LogP contribution is 2.23. The summed E-state index contributed by atoms with van der Waals surface area (Å²) >= 11 is 5.45. The molecule has 0 aliphatic carbocycles. The average Bonchev–Trinajstić information content (AvgIpc) is 3.03. The van der Waals surface area contributed by atoms with E-state index in [0.717, 1.165) is 37.5 Å². The Hall–Kier alpha value is -2.11. The van der Waals surface area contributed by atoms with Crippen molar-refractivity contribution in [2.24, 2.45) is 0 Å². The van der Waals surface area contributed by atoms with Gasteiger partial charge in [-0.05, 0) is 36.3 Å². The minimum Gasteiger partial charge on any atom is -0.495 e. The number of hydrogen-bond donors (Lipinski definition) is 2. The Balaban J connectivity index is 1.49. The monoisotopic (exact) mass is 341 g/mol. The Labute approximate surface area is 148 Å². The van der Waals surface area contributed by atoms with E-state index in [4.69, 9.17) is 17.0 Å². The van der Waals surface area contributed by atoms with Gasteiger partial charge >= 0.3 is 0 Å². The van der Waals surface area contributed by atoms with Gasteiger partial charge in [-0.2, -0.15) is 0 Å². The first-order chi connectivity index (χ1) is 11.7. The van der Waals surface area contributed by atoms with Gasteiger partial charge in [-0.3, -0.25) is 4.90 Å². The van der Waals surface area contributed by atoms with Crippen LogP contribution in [0.25, 0.3) is 0 Å². The Morgan fingerprint density at radius 1 is 1.17 bits per heavy atom. The molecule has 126 valence electrons. The minimum absolute atomic E-state index is 0.378. The predicted molar refractivity (Wildman–Crippen MR) is 102 cm³/mol. The fourth-order valence-corrected chi connectivity index (χ4v) is 3.30. The summed E-state index contributed by atoms with van der Waals surface area (Å²) in [6.07, 6.45) is 1.10. The second-order valence-corrected chi connectivity index (χ2v) is 6.41. The highest BCUT2D eigenvalue weighted by molar-refractivity contribution is 7.80. The van der Waals surface area contributed by atoms with Gasteiger partial charge in [0, 0.05) is 25.7 Å². The maximum absolute atomic E-state index is 5.45. The van der Waals surface area contributed by atoms with Gasteiger partial charge in [-0.25, -0.2) is 0 Å². The third kappa shape index (κ3) is 4.46. The molecule has 0 aromatic heterocycles. The van der Waals surface area contributed by atoms with Crippen molar-refractivity contribution in [1.29, 1.82) is 0 Å². The Bertz CT molecular complexity index is 677. The van der Waals surface area contributed by atoms with Gasteiger partial charge < -0.3 is 15.4 Å². The van der Waals surface area contributed by atoms with Crippen molar-refractivity contribution < 1.29 is 4.74 Å². The molecular weight excluding hydrogens is 318 g/mol. The number of hydrogen-bond acceptors (Lipinski definition) is 3. The van der Waals surface area contributed by atoms with E-state index in [1.54, 1.807) is 7.11 Å². The number of ether oxygens (including phenoxy) is 1. The van der Waals surface area contributed by atoms with Crippen molar-refractivity contribution in [3.63, 3.8) is 0 Å². The zero-order valence-electron chi connectivity index (χ0n) is 13.9. The van der Waals surface area contributed by atoms with Crippen LogP contribution >= 0.6 is 12.2 Å². The molecule has 0 bridgehead atoms. The molecule has 1 atom stereocenters. The molecule has 1 saturated heterocycles. The predicted octanol–water partition coefficient (Wildman–Crippen LogP) is 3.26. The summed E-state index contributed by atoms with van der Waals surface area (Å²) in [5.74, 6) is 0.791. The third-order valence-electron chi connectivity index (χ3n) is 4.21. The van der Waals surface area contributed by atoms with Crippen molar-refractivity contribution in [1.82, 2.24) is 10.2 Å². The van der Waals surface area contributed by atoms with Crippen molar-refractivity contribution >= 4 is 23.0 Å². The molecule has 2 N–H and O–H groups in total. The van der Waals surface area contributed by atoms with E-state index in [-0.39, 0.29) is 0 Å². The Morgan fingerprint density at radius 2 is 1.92 bits per heavy atom. The van der Waals surface area contributed by atoms with Crippen LogP contribution in [0.5, 0.6) is 5.75 Å².